The van der Waals surface area contributed by atoms with Crippen LogP contribution in [0.2, 0.25) is 0 Å². The van der Waals surface area contributed by atoms with Crippen molar-refractivity contribution in [2.75, 3.05) is 32.8 Å². The van der Waals surface area contributed by atoms with Crippen molar-refractivity contribution in [1.82, 2.24) is 4.90 Å². The van der Waals surface area contributed by atoms with E-state index in [2.05, 4.69) is 4.90 Å². The van der Waals surface area contributed by atoms with E-state index >= 15 is 0 Å². The number of morpholine rings is 1. The molecule has 0 bridgehead atoms. The fourth-order valence-corrected chi connectivity index (χ4v) is 2.54. The molecule has 0 aromatic heterocycles. The summed E-state index contributed by atoms with van der Waals surface area (Å²) in [6, 6.07) is 7.06. The highest BCUT2D eigenvalue weighted by molar-refractivity contribution is 6.27. The molecule has 1 saturated heterocycles. The first-order valence-electron chi connectivity index (χ1n) is 8.97. The average molecular weight is 397 g/mol. The van der Waals surface area contributed by atoms with Crippen LogP contribution < -0.4 is 4.74 Å². The van der Waals surface area contributed by atoms with Gasteiger partial charge in [0.15, 0.2) is 5.78 Å². The number of nitrogens with zero attached hydrogens (tertiary/aromatic N) is 1. The van der Waals surface area contributed by atoms with Crippen LogP contribution in [-0.2, 0) is 14.3 Å². The highest BCUT2D eigenvalue weighted by atomic mass is 16.5. The topological polar surface area (TPSA) is 134 Å². The van der Waals surface area contributed by atoms with Crippen LogP contribution >= 0.6 is 0 Å². The second kappa shape index (κ2) is 12.1. The monoisotopic (exact) mass is 397 g/mol. The van der Waals surface area contributed by atoms with E-state index in [1.54, 1.807) is 24.3 Å². The molecule has 1 heterocycles. The van der Waals surface area contributed by atoms with Crippen molar-refractivity contribution < 1.29 is 39.2 Å². The lowest BCUT2D eigenvalue weighted by Crippen LogP contribution is -2.45. The summed E-state index contributed by atoms with van der Waals surface area (Å²) in [4.78, 5) is 31.9. The Hall–Kier alpha value is -2.49. The molecule has 156 valence electrons. The zero-order valence-electron chi connectivity index (χ0n) is 16.0. The molecule has 2 atom stereocenters. The molecule has 0 amide bonds. The van der Waals surface area contributed by atoms with Gasteiger partial charge in [0.2, 0.25) is 0 Å². The summed E-state index contributed by atoms with van der Waals surface area (Å²) in [5, 5.41) is 24.9. The number of ether oxygens (including phenoxy) is 2. The smallest absolute Gasteiger partial charge is 0.414 e. The van der Waals surface area contributed by atoms with E-state index in [9.17, 15) is 9.90 Å². The predicted octanol–water partition coefficient (Wildman–Crippen LogP) is 0.895. The number of carboxylic acids is 2. The van der Waals surface area contributed by atoms with Crippen LogP contribution in [0.25, 0.3) is 0 Å². The number of Topliss-reactive ketones (excluding diaryl/α,β-unsaturated/α-hetero) is 1. The van der Waals surface area contributed by atoms with Crippen molar-refractivity contribution in [3.8, 4) is 5.75 Å². The quantitative estimate of drug-likeness (QED) is 0.453. The van der Waals surface area contributed by atoms with Crippen LogP contribution in [0.3, 0.4) is 0 Å². The highest BCUT2D eigenvalue weighted by Gasteiger charge is 2.19. The van der Waals surface area contributed by atoms with E-state index in [-0.39, 0.29) is 18.5 Å². The number of rotatable bonds is 7. The minimum absolute atomic E-state index is 0.119. The highest BCUT2D eigenvalue weighted by Crippen LogP contribution is 2.14. The van der Waals surface area contributed by atoms with E-state index < -0.39 is 18.0 Å². The molecule has 3 N–H and O–H groups in total. The van der Waals surface area contributed by atoms with Crippen molar-refractivity contribution in [1.29, 1.82) is 0 Å². The third-order valence-corrected chi connectivity index (χ3v) is 3.92. The zero-order chi connectivity index (χ0) is 21.1. The van der Waals surface area contributed by atoms with Gasteiger partial charge in [0.05, 0.1) is 12.7 Å². The van der Waals surface area contributed by atoms with Gasteiger partial charge in [-0.05, 0) is 31.2 Å². The normalized spacial score (nSPS) is 17.8. The van der Waals surface area contributed by atoms with E-state index in [1.165, 1.54) is 0 Å². The summed E-state index contributed by atoms with van der Waals surface area (Å²) in [7, 11) is 0. The Balaban J connectivity index is 0.000000568. The molecular weight excluding hydrogens is 370 g/mol. The molecule has 0 radical (unpaired) electrons. The molecule has 1 aliphatic rings. The Kier molecular flexibility index (Phi) is 10.1. The second-order valence-electron chi connectivity index (χ2n) is 6.32. The van der Waals surface area contributed by atoms with Crippen LogP contribution in [0.4, 0.5) is 0 Å². The molecule has 1 aromatic rings. The summed E-state index contributed by atoms with van der Waals surface area (Å²) in [6.07, 6.45) is 0.171. The van der Waals surface area contributed by atoms with Crippen molar-refractivity contribution in [2.45, 2.75) is 32.5 Å². The lowest BCUT2D eigenvalue weighted by atomic mass is 10.1. The summed E-state index contributed by atoms with van der Waals surface area (Å²) in [5.74, 6) is -2.86. The van der Waals surface area contributed by atoms with Crippen molar-refractivity contribution >= 4 is 17.7 Å². The Bertz CT molecular complexity index is 634. The maximum atomic E-state index is 11.5. The lowest BCUT2D eigenvalue weighted by Gasteiger charge is -2.32. The van der Waals surface area contributed by atoms with Gasteiger partial charge in [-0.1, -0.05) is 6.92 Å². The van der Waals surface area contributed by atoms with Crippen LogP contribution in [0.15, 0.2) is 24.3 Å². The summed E-state index contributed by atoms with van der Waals surface area (Å²) < 4.78 is 11.1. The molecule has 1 aliphatic heterocycles. The van der Waals surface area contributed by atoms with Gasteiger partial charge in [0, 0.05) is 31.6 Å². The molecule has 2 rings (SSSR count). The molecular formula is C19H27NO8. The third-order valence-electron chi connectivity index (χ3n) is 3.92. The first-order valence-corrected chi connectivity index (χ1v) is 8.97. The number of hydrogen-bond acceptors (Lipinski definition) is 7. The molecule has 0 saturated carbocycles. The van der Waals surface area contributed by atoms with E-state index in [1.807, 2.05) is 13.8 Å². The van der Waals surface area contributed by atoms with Crippen LogP contribution in [0.5, 0.6) is 5.75 Å². The number of aliphatic hydroxyl groups is 1. The fraction of sp³-hybridized carbons (Fsp3) is 0.526. The Morgan fingerprint density at radius 2 is 1.82 bits per heavy atom. The standard InChI is InChI=1S/C17H25NO4.C2H2O4/c1-3-17(20)14-4-6-16(7-5-14)22-12-15(19)11-18-8-9-21-13(2)10-18;3-1(4)2(5)6/h4-7,13,15,19H,3,8-12H2,1-2H3;(H,3,4)(H,5,6). The predicted molar refractivity (Wildman–Crippen MR) is 99.7 cm³/mol. The van der Waals surface area contributed by atoms with E-state index in [0.717, 1.165) is 13.1 Å². The fourth-order valence-electron chi connectivity index (χ4n) is 2.54. The summed E-state index contributed by atoms with van der Waals surface area (Å²) in [5.41, 5.74) is 0.692. The van der Waals surface area contributed by atoms with Gasteiger partial charge in [-0.25, -0.2) is 9.59 Å². The van der Waals surface area contributed by atoms with Crippen molar-refractivity contribution in [2.24, 2.45) is 0 Å². The molecule has 9 heteroatoms. The van der Waals surface area contributed by atoms with E-state index in [0.29, 0.717) is 30.9 Å². The number of β-amino-alcohol motifs (C(OH)–C–C–N with tert-alkyl or cyclic N) is 1. The van der Waals surface area contributed by atoms with Gasteiger partial charge in [-0.15, -0.1) is 0 Å². The van der Waals surface area contributed by atoms with Gasteiger partial charge in [0.1, 0.15) is 18.5 Å². The number of ketones is 1. The maximum Gasteiger partial charge on any atom is 0.414 e. The number of carbonyl (C=O) groups excluding carboxylic acids is 1. The Labute approximate surface area is 163 Å². The van der Waals surface area contributed by atoms with E-state index in [4.69, 9.17) is 29.3 Å². The van der Waals surface area contributed by atoms with Gasteiger partial charge < -0.3 is 24.8 Å². The van der Waals surface area contributed by atoms with Crippen molar-refractivity contribution in [3.05, 3.63) is 29.8 Å². The number of hydrogen-bond donors (Lipinski definition) is 3. The first kappa shape index (κ1) is 23.5. The van der Waals surface area contributed by atoms with Crippen molar-refractivity contribution in [3.63, 3.8) is 0 Å². The SMILES string of the molecule is CCC(=O)c1ccc(OCC(O)CN2CCOC(C)C2)cc1.O=C(O)C(=O)O. The molecule has 0 spiro atoms. The molecule has 0 aliphatic carbocycles. The molecule has 9 nitrogen and oxygen atoms in total. The molecule has 28 heavy (non-hydrogen) atoms. The van der Waals surface area contributed by atoms with Gasteiger partial charge in [-0.3, -0.25) is 9.69 Å². The summed E-state index contributed by atoms with van der Waals surface area (Å²) >= 11 is 0. The zero-order valence-corrected chi connectivity index (χ0v) is 16.0. The van der Waals surface area contributed by atoms with Crippen LogP contribution in [-0.4, -0.2) is 83.0 Å². The molecule has 1 fully saturated rings. The minimum atomic E-state index is -1.82. The molecule has 2 unspecified atom stereocenters. The van der Waals surface area contributed by atoms with Gasteiger partial charge in [0.25, 0.3) is 0 Å². The first-order chi connectivity index (χ1) is 13.2. The van der Waals surface area contributed by atoms with Gasteiger partial charge in [-0.2, -0.15) is 0 Å². The number of aliphatic carboxylic acids is 2. The van der Waals surface area contributed by atoms with Crippen LogP contribution in [0, 0.1) is 0 Å². The number of carboxylic acid groups (broad SMARTS) is 2. The Morgan fingerprint density at radius 3 is 2.32 bits per heavy atom. The Morgan fingerprint density at radius 1 is 1.21 bits per heavy atom. The molecule has 1 aromatic carbocycles. The summed E-state index contributed by atoms with van der Waals surface area (Å²) in [6.45, 7) is 7.10. The number of carbonyl (C=O) groups is 3. The lowest BCUT2D eigenvalue weighted by molar-refractivity contribution is -0.159. The number of aliphatic hydroxyl groups excluding tert-OH is 1. The third kappa shape index (κ3) is 8.94. The maximum absolute atomic E-state index is 11.5. The van der Waals surface area contributed by atoms with Gasteiger partial charge >= 0.3 is 11.9 Å². The number of benzene rings is 1. The van der Waals surface area contributed by atoms with Crippen LogP contribution in [0.1, 0.15) is 30.6 Å². The second-order valence-corrected chi connectivity index (χ2v) is 6.32. The largest absolute Gasteiger partial charge is 0.491 e. The average Bonchev–Trinajstić information content (AvgIpc) is 2.66. The minimum Gasteiger partial charge on any atom is -0.491 e.